The van der Waals surface area contributed by atoms with Crippen LogP contribution in [0.2, 0.25) is 0 Å². The topological polar surface area (TPSA) is 75.7 Å². The molecule has 1 N–H and O–H groups in total. The zero-order chi connectivity index (χ0) is 20.0. The Labute approximate surface area is 161 Å². The number of nitrogens with zero attached hydrogens (tertiary/aromatic N) is 1. The quantitative estimate of drug-likeness (QED) is 0.643. The number of nitrogens with one attached hydrogen (secondary N) is 1. The molecule has 1 atom stereocenters. The molecule has 0 bridgehead atoms. The second-order valence-corrected chi connectivity index (χ2v) is 10.9. The summed E-state index contributed by atoms with van der Waals surface area (Å²) in [6, 6.07) is 6.65. The van der Waals surface area contributed by atoms with Crippen LogP contribution in [0.25, 0.3) is 0 Å². The van der Waals surface area contributed by atoms with Crippen molar-refractivity contribution in [2.45, 2.75) is 45.0 Å². The Kier molecular flexibility index (Phi) is 8.27. The molecule has 1 aromatic carbocycles. The molecule has 0 aromatic heterocycles. The number of thioether (sulfide) groups is 1. The fourth-order valence-corrected chi connectivity index (χ4v) is 3.38. The first-order valence-electron chi connectivity index (χ1n) is 8.56. The van der Waals surface area contributed by atoms with E-state index in [0.717, 1.165) is 12.0 Å². The monoisotopic (exact) mass is 402 g/mol. The molecule has 1 amide bonds. The van der Waals surface area contributed by atoms with Gasteiger partial charge in [0.25, 0.3) is 5.91 Å². The van der Waals surface area contributed by atoms with Crippen molar-refractivity contribution in [1.29, 1.82) is 0 Å². The van der Waals surface area contributed by atoms with Crippen LogP contribution >= 0.6 is 11.8 Å². The Morgan fingerprint density at radius 2 is 1.85 bits per heavy atom. The summed E-state index contributed by atoms with van der Waals surface area (Å²) in [6.07, 6.45) is 1.11. The third kappa shape index (κ3) is 7.86. The molecule has 0 spiro atoms. The summed E-state index contributed by atoms with van der Waals surface area (Å²) >= 11 is 1.80. The van der Waals surface area contributed by atoms with E-state index in [4.69, 9.17) is 4.74 Å². The lowest BCUT2D eigenvalue weighted by atomic mass is 10.2. The van der Waals surface area contributed by atoms with Crippen molar-refractivity contribution in [3.63, 3.8) is 0 Å². The van der Waals surface area contributed by atoms with Crippen molar-refractivity contribution < 1.29 is 17.9 Å². The first-order chi connectivity index (χ1) is 11.9. The van der Waals surface area contributed by atoms with Gasteiger partial charge in [-0.1, -0.05) is 27.7 Å². The number of rotatable bonds is 9. The van der Waals surface area contributed by atoms with Gasteiger partial charge in [0.15, 0.2) is 6.10 Å². The summed E-state index contributed by atoms with van der Waals surface area (Å²) in [6.45, 7) is 8.91. The standard InChI is InChI=1S/C18H30N2O4S2/c1-7-16(17(21)19-12-13-25-18(2,3)4)24-15-10-8-14(9-11-15)20(5)26(6,22)23/h8-11,16H,7,12-13H2,1-6H3,(H,19,21)/t16-/m0/s1. The first kappa shape index (κ1) is 22.6. The van der Waals surface area contributed by atoms with Crippen molar-refractivity contribution in [2.75, 3.05) is 29.9 Å². The highest BCUT2D eigenvalue weighted by Gasteiger charge is 2.19. The van der Waals surface area contributed by atoms with Gasteiger partial charge in [0.05, 0.1) is 11.9 Å². The molecular formula is C18H30N2O4S2. The normalized spacial score (nSPS) is 13.2. The van der Waals surface area contributed by atoms with E-state index in [9.17, 15) is 13.2 Å². The highest BCUT2D eigenvalue weighted by molar-refractivity contribution is 8.00. The first-order valence-corrected chi connectivity index (χ1v) is 11.4. The molecule has 1 aromatic rings. The minimum atomic E-state index is -3.31. The Morgan fingerprint density at radius 1 is 1.27 bits per heavy atom. The second kappa shape index (κ2) is 9.50. The highest BCUT2D eigenvalue weighted by atomic mass is 32.2. The SMILES string of the molecule is CC[C@H](Oc1ccc(N(C)S(C)(=O)=O)cc1)C(=O)NCCSC(C)(C)C. The molecule has 1 rings (SSSR count). The summed E-state index contributed by atoms with van der Waals surface area (Å²) < 4.78 is 30.2. The van der Waals surface area contributed by atoms with Crippen LogP contribution in [0, 0.1) is 0 Å². The van der Waals surface area contributed by atoms with Gasteiger partial charge in [0.2, 0.25) is 10.0 Å². The molecule has 0 aliphatic carbocycles. The summed E-state index contributed by atoms with van der Waals surface area (Å²) in [5, 5.41) is 2.90. The van der Waals surface area contributed by atoms with Crippen molar-refractivity contribution in [2.24, 2.45) is 0 Å². The zero-order valence-corrected chi connectivity index (χ0v) is 18.0. The van der Waals surface area contributed by atoms with Gasteiger partial charge < -0.3 is 10.1 Å². The van der Waals surface area contributed by atoms with Crippen molar-refractivity contribution >= 4 is 33.4 Å². The van der Waals surface area contributed by atoms with E-state index in [-0.39, 0.29) is 10.7 Å². The lowest BCUT2D eigenvalue weighted by Crippen LogP contribution is -2.39. The number of carbonyl (C=O) groups is 1. The maximum absolute atomic E-state index is 12.3. The fraction of sp³-hybridized carbons (Fsp3) is 0.611. The van der Waals surface area contributed by atoms with E-state index >= 15 is 0 Å². The number of hydrogen-bond acceptors (Lipinski definition) is 5. The van der Waals surface area contributed by atoms with Crippen LogP contribution in [0.3, 0.4) is 0 Å². The molecule has 148 valence electrons. The molecule has 0 saturated carbocycles. The maximum atomic E-state index is 12.3. The molecule has 0 unspecified atom stereocenters. The van der Waals surface area contributed by atoms with Crippen molar-refractivity contribution in [3.8, 4) is 5.75 Å². The van der Waals surface area contributed by atoms with Crippen LogP contribution < -0.4 is 14.4 Å². The van der Waals surface area contributed by atoms with Crippen LogP contribution in [-0.4, -0.2) is 50.8 Å². The number of amides is 1. The second-order valence-electron chi connectivity index (χ2n) is 6.99. The Bertz CT molecular complexity index is 682. The Balaban J connectivity index is 2.60. The average Bonchev–Trinajstić information content (AvgIpc) is 2.54. The average molecular weight is 403 g/mol. The largest absolute Gasteiger partial charge is 0.481 e. The molecule has 0 saturated heterocycles. The summed E-state index contributed by atoms with van der Waals surface area (Å²) in [4.78, 5) is 12.3. The predicted octanol–water partition coefficient (Wildman–Crippen LogP) is 2.89. The molecule has 0 aliphatic rings. The van der Waals surface area contributed by atoms with Gasteiger partial charge >= 0.3 is 0 Å². The van der Waals surface area contributed by atoms with E-state index in [1.807, 2.05) is 6.92 Å². The van der Waals surface area contributed by atoms with Crippen LogP contribution in [0.5, 0.6) is 5.75 Å². The summed E-state index contributed by atoms with van der Waals surface area (Å²) in [5.74, 6) is 1.24. The predicted molar refractivity (Wildman–Crippen MR) is 110 cm³/mol. The van der Waals surface area contributed by atoms with E-state index < -0.39 is 16.1 Å². The minimum Gasteiger partial charge on any atom is -0.481 e. The number of hydrogen-bond donors (Lipinski definition) is 1. The third-order valence-corrected chi connectivity index (χ3v) is 6.06. The minimum absolute atomic E-state index is 0.140. The Hall–Kier alpha value is -1.41. The van der Waals surface area contributed by atoms with Crippen LogP contribution in [0.4, 0.5) is 5.69 Å². The van der Waals surface area contributed by atoms with Gasteiger partial charge in [-0.2, -0.15) is 11.8 Å². The smallest absolute Gasteiger partial charge is 0.261 e. The molecule has 0 radical (unpaired) electrons. The maximum Gasteiger partial charge on any atom is 0.261 e. The highest BCUT2D eigenvalue weighted by Crippen LogP contribution is 2.23. The van der Waals surface area contributed by atoms with Gasteiger partial charge in [-0.05, 0) is 30.7 Å². The molecule has 8 heteroatoms. The van der Waals surface area contributed by atoms with E-state index in [1.165, 1.54) is 11.4 Å². The van der Waals surface area contributed by atoms with Crippen LogP contribution in [-0.2, 0) is 14.8 Å². The van der Waals surface area contributed by atoms with Gasteiger partial charge in [-0.3, -0.25) is 9.10 Å². The summed E-state index contributed by atoms with van der Waals surface area (Å²) in [5.41, 5.74) is 0.538. The van der Waals surface area contributed by atoms with Crippen molar-refractivity contribution in [1.82, 2.24) is 5.32 Å². The van der Waals surface area contributed by atoms with E-state index in [2.05, 4.69) is 26.1 Å². The molecule has 0 fully saturated rings. The third-order valence-electron chi connectivity index (χ3n) is 3.58. The number of sulfonamides is 1. The van der Waals surface area contributed by atoms with E-state index in [1.54, 1.807) is 36.0 Å². The Morgan fingerprint density at radius 3 is 2.31 bits per heavy atom. The van der Waals surface area contributed by atoms with Crippen LogP contribution in [0.1, 0.15) is 34.1 Å². The summed E-state index contributed by atoms with van der Waals surface area (Å²) in [7, 11) is -1.82. The van der Waals surface area contributed by atoms with Gasteiger partial charge in [-0.25, -0.2) is 8.42 Å². The number of benzene rings is 1. The lowest BCUT2D eigenvalue weighted by molar-refractivity contribution is -0.127. The van der Waals surface area contributed by atoms with Gasteiger partial charge in [0, 0.05) is 24.1 Å². The molecule has 0 heterocycles. The zero-order valence-electron chi connectivity index (χ0n) is 16.4. The van der Waals surface area contributed by atoms with Gasteiger partial charge in [-0.15, -0.1) is 0 Å². The van der Waals surface area contributed by atoms with Gasteiger partial charge in [0.1, 0.15) is 5.75 Å². The fourth-order valence-electron chi connectivity index (χ4n) is 2.06. The number of ether oxygens (including phenoxy) is 1. The number of anilines is 1. The van der Waals surface area contributed by atoms with E-state index in [0.29, 0.717) is 24.4 Å². The van der Waals surface area contributed by atoms with Crippen LogP contribution in [0.15, 0.2) is 24.3 Å². The molecular weight excluding hydrogens is 372 g/mol. The number of carbonyl (C=O) groups excluding carboxylic acids is 1. The molecule has 26 heavy (non-hydrogen) atoms. The lowest BCUT2D eigenvalue weighted by Gasteiger charge is -2.20. The molecule has 6 nitrogen and oxygen atoms in total. The van der Waals surface area contributed by atoms with Crippen molar-refractivity contribution in [3.05, 3.63) is 24.3 Å². The molecule has 0 aliphatic heterocycles.